The van der Waals surface area contributed by atoms with Crippen LogP contribution in [0.4, 0.5) is 4.39 Å². The van der Waals surface area contributed by atoms with Gasteiger partial charge in [0.1, 0.15) is 11.5 Å². The molecule has 0 aliphatic heterocycles. The molecule has 0 saturated carbocycles. The van der Waals surface area contributed by atoms with Gasteiger partial charge in [-0.25, -0.2) is 4.39 Å². The van der Waals surface area contributed by atoms with Crippen LogP contribution in [0.25, 0.3) is 27.1 Å². The van der Waals surface area contributed by atoms with Gasteiger partial charge in [-0.2, -0.15) is 9.61 Å². The maximum atomic E-state index is 13.3. The Kier molecular flexibility index (Phi) is 2.68. The molecule has 0 aliphatic rings. The zero-order valence-electron chi connectivity index (χ0n) is 10.5. The van der Waals surface area contributed by atoms with Crippen LogP contribution in [0.5, 0.6) is 0 Å². The summed E-state index contributed by atoms with van der Waals surface area (Å²) in [5.74, 6) is 0.171. The normalized spacial score (nSPS) is 11.1. The van der Waals surface area contributed by atoms with Gasteiger partial charge in [0.15, 0.2) is 10.8 Å². The van der Waals surface area contributed by atoms with Gasteiger partial charge >= 0.3 is 0 Å². The van der Waals surface area contributed by atoms with Crippen LogP contribution in [-0.4, -0.2) is 29.8 Å². The van der Waals surface area contributed by atoms with Crippen LogP contribution in [0.3, 0.4) is 0 Å². The van der Waals surface area contributed by atoms with Crippen molar-refractivity contribution in [2.24, 2.45) is 0 Å². The fourth-order valence-corrected chi connectivity index (χ4v) is 2.74. The molecule has 0 aliphatic carbocycles. The van der Waals surface area contributed by atoms with Crippen LogP contribution >= 0.6 is 11.3 Å². The van der Waals surface area contributed by atoms with Crippen molar-refractivity contribution in [3.63, 3.8) is 0 Å². The van der Waals surface area contributed by atoms with Gasteiger partial charge in [0, 0.05) is 18.0 Å². The first-order valence-corrected chi connectivity index (χ1v) is 6.87. The van der Waals surface area contributed by atoms with Gasteiger partial charge in [-0.15, -0.1) is 10.2 Å². The Bertz CT molecular complexity index is 917. The highest BCUT2D eigenvalue weighted by atomic mass is 32.1. The SMILES string of the molecule is Fc1cccc(-c2nnc3sc(-c4cnccn4)nn23)c1. The summed E-state index contributed by atoms with van der Waals surface area (Å²) < 4.78 is 14.9. The van der Waals surface area contributed by atoms with Crippen molar-refractivity contribution in [2.75, 3.05) is 0 Å². The number of fused-ring (bicyclic) bond motifs is 1. The van der Waals surface area contributed by atoms with Crippen LogP contribution in [-0.2, 0) is 0 Å². The Morgan fingerprint density at radius 1 is 1.14 bits per heavy atom. The van der Waals surface area contributed by atoms with E-state index >= 15 is 0 Å². The number of hydrogen-bond acceptors (Lipinski definition) is 6. The molecule has 0 atom stereocenters. The van der Waals surface area contributed by atoms with Crippen LogP contribution in [0.2, 0.25) is 0 Å². The largest absolute Gasteiger partial charge is 0.261 e. The first kappa shape index (κ1) is 12.0. The third kappa shape index (κ3) is 2.05. The van der Waals surface area contributed by atoms with E-state index in [1.807, 2.05) is 0 Å². The molecule has 6 nitrogen and oxygen atoms in total. The van der Waals surface area contributed by atoms with Crippen LogP contribution in [0.15, 0.2) is 42.9 Å². The van der Waals surface area contributed by atoms with E-state index in [-0.39, 0.29) is 5.82 Å². The average molecular weight is 298 g/mol. The highest BCUT2D eigenvalue weighted by molar-refractivity contribution is 7.19. The van der Waals surface area contributed by atoms with E-state index in [2.05, 4.69) is 25.3 Å². The molecule has 21 heavy (non-hydrogen) atoms. The number of aromatic nitrogens is 6. The zero-order chi connectivity index (χ0) is 14.2. The summed E-state index contributed by atoms with van der Waals surface area (Å²) in [7, 11) is 0. The molecule has 4 aromatic rings. The highest BCUT2D eigenvalue weighted by Crippen LogP contribution is 2.26. The first-order valence-electron chi connectivity index (χ1n) is 6.06. The van der Waals surface area contributed by atoms with Crippen molar-refractivity contribution in [1.82, 2.24) is 29.8 Å². The summed E-state index contributed by atoms with van der Waals surface area (Å²) in [6.45, 7) is 0. The molecule has 0 saturated heterocycles. The summed E-state index contributed by atoms with van der Waals surface area (Å²) in [5, 5.41) is 13.2. The Labute approximate surface area is 122 Å². The van der Waals surface area contributed by atoms with E-state index in [9.17, 15) is 4.39 Å². The Morgan fingerprint density at radius 2 is 2.10 bits per heavy atom. The van der Waals surface area contributed by atoms with Gasteiger partial charge in [0.25, 0.3) is 0 Å². The van der Waals surface area contributed by atoms with Crippen molar-refractivity contribution in [3.8, 4) is 22.1 Å². The topological polar surface area (TPSA) is 68.9 Å². The van der Waals surface area contributed by atoms with E-state index in [0.29, 0.717) is 27.1 Å². The number of rotatable bonds is 2. The molecule has 0 unspecified atom stereocenters. The minimum atomic E-state index is -0.325. The standard InChI is InChI=1S/C13H7FN6S/c14-9-3-1-2-8(6-9)11-17-18-13-20(11)19-12(21-13)10-7-15-4-5-16-10/h1-7H. The van der Waals surface area contributed by atoms with Crippen molar-refractivity contribution >= 4 is 16.3 Å². The molecule has 0 N–H and O–H groups in total. The monoisotopic (exact) mass is 298 g/mol. The smallest absolute Gasteiger partial charge is 0.235 e. The summed E-state index contributed by atoms with van der Waals surface area (Å²) >= 11 is 1.35. The second kappa shape index (κ2) is 4.67. The van der Waals surface area contributed by atoms with Crippen molar-refractivity contribution in [2.45, 2.75) is 0 Å². The predicted octanol–water partition coefficient (Wildman–Crippen LogP) is 2.45. The van der Waals surface area contributed by atoms with E-state index in [0.717, 1.165) is 0 Å². The Balaban J connectivity index is 1.87. The average Bonchev–Trinajstić information content (AvgIpc) is 3.08. The lowest BCUT2D eigenvalue weighted by atomic mass is 10.2. The summed E-state index contributed by atoms with van der Waals surface area (Å²) in [4.78, 5) is 8.84. The van der Waals surface area contributed by atoms with Gasteiger partial charge in [-0.05, 0) is 12.1 Å². The third-order valence-corrected chi connectivity index (χ3v) is 3.78. The minimum Gasteiger partial charge on any atom is -0.261 e. The lowest BCUT2D eigenvalue weighted by Gasteiger charge is -1.96. The van der Waals surface area contributed by atoms with E-state index in [4.69, 9.17) is 0 Å². The second-order valence-electron chi connectivity index (χ2n) is 4.23. The number of hydrogen-bond donors (Lipinski definition) is 0. The van der Waals surface area contributed by atoms with Crippen molar-refractivity contribution < 1.29 is 4.39 Å². The molecular weight excluding hydrogens is 291 g/mol. The maximum Gasteiger partial charge on any atom is 0.235 e. The van der Waals surface area contributed by atoms with Crippen molar-refractivity contribution in [1.29, 1.82) is 0 Å². The Morgan fingerprint density at radius 3 is 2.90 bits per heavy atom. The molecule has 3 aromatic heterocycles. The van der Waals surface area contributed by atoms with E-state index in [1.54, 1.807) is 35.2 Å². The molecule has 0 bridgehead atoms. The fraction of sp³-hybridized carbons (Fsp3) is 0. The predicted molar refractivity (Wildman–Crippen MR) is 75.1 cm³/mol. The van der Waals surface area contributed by atoms with Gasteiger partial charge in [-0.3, -0.25) is 9.97 Å². The van der Waals surface area contributed by atoms with Gasteiger partial charge in [0.05, 0.1) is 6.20 Å². The molecule has 0 spiro atoms. The maximum absolute atomic E-state index is 13.3. The van der Waals surface area contributed by atoms with Crippen LogP contribution in [0.1, 0.15) is 0 Å². The zero-order valence-corrected chi connectivity index (χ0v) is 11.3. The van der Waals surface area contributed by atoms with E-state index in [1.165, 1.54) is 23.5 Å². The number of nitrogens with zero attached hydrogens (tertiary/aromatic N) is 6. The van der Waals surface area contributed by atoms with Crippen molar-refractivity contribution in [3.05, 3.63) is 48.7 Å². The lowest BCUT2D eigenvalue weighted by Crippen LogP contribution is -1.92. The summed E-state index contributed by atoms with van der Waals surface area (Å²) in [6.07, 6.45) is 4.83. The molecule has 102 valence electrons. The van der Waals surface area contributed by atoms with Gasteiger partial charge in [-0.1, -0.05) is 23.5 Å². The first-order chi connectivity index (χ1) is 10.3. The third-order valence-electron chi connectivity index (χ3n) is 2.86. The van der Waals surface area contributed by atoms with Gasteiger partial charge in [0.2, 0.25) is 4.96 Å². The molecule has 0 fully saturated rings. The fourth-order valence-electron chi connectivity index (χ4n) is 1.94. The molecule has 3 heterocycles. The molecule has 4 rings (SSSR count). The molecule has 1 aromatic carbocycles. The minimum absolute atomic E-state index is 0.325. The van der Waals surface area contributed by atoms with E-state index < -0.39 is 0 Å². The second-order valence-corrected chi connectivity index (χ2v) is 5.18. The molecule has 0 amide bonds. The Hall–Kier alpha value is -2.74. The summed E-state index contributed by atoms with van der Waals surface area (Å²) in [6, 6.07) is 6.17. The molecular formula is C13H7FN6S. The lowest BCUT2D eigenvalue weighted by molar-refractivity contribution is 0.628. The number of benzene rings is 1. The quantitative estimate of drug-likeness (QED) is 0.568. The highest BCUT2D eigenvalue weighted by Gasteiger charge is 2.15. The van der Waals surface area contributed by atoms with Crippen LogP contribution < -0.4 is 0 Å². The van der Waals surface area contributed by atoms with Gasteiger partial charge < -0.3 is 0 Å². The summed E-state index contributed by atoms with van der Waals surface area (Å²) in [5.41, 5.74) is 1.29. The van der Waals surface area contributed by atoms with Crippen LogP contribution in [0, 0.1) is 5.82 Å². The number of halogens is 1. The molecule has 8 heteroatoms. The molecule has 0 radical (unpaired) electrons.